The van der Waals surface area contributed by atoms with E-state index in [9.17, 15) is 18.3 Å². The van der Waals surface area contributed by atoms with Gasteiger partial charge in [0.15, 0.2) is 11.5 Å². The van der Waals surface area contributed by atoms with Crippen LogP contribution in [0.4, 0.5) is 5.69 Å². The molecular formula is C33H38ClN3O7S. The van der Waals surface area contributed by atoms with Crippen LogP contribution in [-0.2, 0) is 26.7 Å². The van der Waals surface area contributed by atoms with Crippen molar-refractivity contribution in [1.29, 1.82) is 0 Å². The molecule has 45 heavy (non-hydrogen) atoms. The number of carbonyl (C=O) groups is 1. The molecule has 2 aliphatic heterocycles. The first-order valence-electron chi connectivity index (χ1n) is 14.9. The van der Waals surface area contributed by atoms with Crippen LogP contribution in [0.15, 0.2) is 70.4 Å². The van der Waals surface area contributed by atoms with Crippen LogP contribution in [0.1, 0.15) is 36.0 Å². The van der Waals surface area contributed by atoms with Crippen LogP contribution in [-0.4, -0.2) is 87.2 Å². The molecule has 5 atom stereocenters. The highest BCUT2D eigenvalue weighted by Crippen LogP contribution is 2.66. The van der Waals surface area contributed by atoms with E-state index >= 15 is 0 Å². The van der Waals surface area contributed by atoms with Crippen molar-refractivity contribution in [2.45, 2.75) is 59.8 Å². The third kappa shape index (κ3) is 4.42. The molecule has 0 radical (unpaired) electrons. The number of carbonyl (C=O) groups excluding carboxylic acids is 1. The van der Waals surface area contributed by atoms with E-state index in [2.05, 4.69) is 0 Å². The van der Waals surface area contributed by atoms with Gasteiger partial charge in [0.05, 0.1) is 47.6 Å². The number of nitrogens with zero attached hydrogens (tertiary/aromatic N) is 3. The van der Waals surface area contributed by atoms with Crippen molar-refractivity contribution >= 4 is 40.1 Å². The summed E-state index contributed by atoms with van der Waals surface area (Å²) < 4.78 is 47.7. The first kappa shape index (κ1) is 31.5. The number of piperidine rings is 1. The van der Waals surface area contributed by atoms with Crippen molar-refractivity contribution in [1.82, 2.24) is 9.21 Å². The Bertz CT molecular complexity index is 1760. The summed E-state index contributed by atoms with van der Waals surface area (Å²) in [5.41, 5.74) is 1.06. The van der Waals surface area contributed by atoms with E-state index in [1.165, 1.54) is 10.4 Å². The van der Waals surface area contributed by atoms with Crippen molar-refractivity contribution in [2.24, 2.45) is 0 Å². The summed E-state index contributed by atoms with van der Waals surface area (Å²) in [6, 6.07) is 11.4. The van der Waals surface area contributed by atoms with Gasteiger partial charge in [0, 0.05) is 50.6 Å². The number of anilines is 1. The Balaban J connectivity index is 0.00000357. The highest BCUT2D eigenvalue weighted by Gasteiger charge is 2.74. The van der Waals surface area contributed by atoms with Gasteiger partial charge >= 0.3 is 0 Å². The van der Waals surface area contributed by atoms with E-state index in [4.69, 9.17) is 13.9 Å². The zero-order valence-corrected chi connectivity index (χ0v) is 27.3. The van der Waals surface area contributed by atoms with Crippen LogP contribution < -0.4 is 14.4 Å². The summed E-state index contributed by atoms with van der Waals surface area (Å²) in [5.74, 6) is 0.956. The van der Waals surface area contributed by atoms with Gasteiger partial charge in [-0.25, -0.2) is 8.42 Å². The molecule has 4 aliphatic rings. The average molecular weight is 656 g/mol. The number of hydrogen-bond acceptors (Lipinski definition) is 8. The molecule has 2 aromatic carbocycles. The molecule has 1 saturated heterocycles. The average Bonchev–Trinajstić information content (AvgIpc) is 3.65. The number of ether oxygens (including phenoxy) is 2. The molecule has 2 aliphatic carbocycles. The molecule has 2 bridgehead atoms. The Labute approximate surface area is 269 Å². The summed E-state index contributed by atoms with van der Waals surface area (Å²) in [5, 5.41) is 12.9. The van der Waals surface area contributed by atoms with E-state index in [0.29, 0.717) is 37.2 Å². The Morgan fingerprint density at radius 3 is 2.67 bits per heavy atom. The number of benzene rings is 2. The van der Waals surface area contributed by atoms with Crippen LogP contribution in [0.2, 0.25) is 0 Å². The molecule has 240 valence electrons. The molecule has 3 heterocycles. The molecule has 12 heteroatoms. The third-order valence-corrected chi connectivity index (χ3v) is 12.2. The maximum absolute atomic E-state index is 14.3. The number of furan rings is 1. The zero-order chi connectivity index (χ0) is 31.0. The number of likely N-dealkylation sites (N-methyl/N-ethyl adjacent to an activating group) is 1. The Hall–Kier alpha value is -3.51. The SMILES string of the molecule is COc1ccc2c3c1O[C@H]1[C@H](N(C)C(=O)/C=C/c4ccoc4)CC[C@@]4(O)[C@@H](C2)N(S(=O)(=O)c2cccc(N(C)C)c2)CC[C@]314.Cl. The van der Waals surface area contributed by atoms with Crippen molar-refractivity contribution in [3.05, 3.63) is 77.8 Å². The van der Waals surface area contributed by atoms with Gasteiger partial charge in [-0.3, -0.25) is 4.79 Å². The third-order valence-electron chi connectivity index (χ3n) is 10.3. The highest BCUT2D eigenvalue weighted by molar-refractivity contribution is 7.89. The predicted molar refractivity (Wildman–Crippen MR) is 172 cm³/mol. The minimum atomic E-state index is -3.95. The van der Waals surface area contributed by atoms with Crippen molar-refractivity contribution < 1.29 is 32.2 Å². The lowest BCUT2D eigenvalue weighted by molar-refractivity contribution is -0.186. The van der Waals surface area contributed by atoms with Gasteiger partial charge < -0.3 is 28.8 Å². The van der Waals surface area contributed by atoms with Gasteiger partial charge in [0.1, 0.15) is 6.10 Å². The summed E-state index contributed by atoms with van der Waals surface area (Å²) in [6.45, 7) is 0.211. The first-order valence-corrected chi connectivity index (χ1v) is 16.3. The van der Waals surface area contributed by atoms with Gasteiger partial charge in [-0.2, -0.15) is 4.31 Å². The summed E-state index contributed by atoms with van der Waals surface area (Å²) in [4.78, 5) is 17.2. The van der Waals surface area contributed by atoms with Crippen molar-refractivity contribution in [3.63, 3.8) is 0 Å². The first-order chi connectivity index (χ1) is 21.0. The van der Waals surface area contributed by atoms with Gasteiger partial charge in [-0.05, 0) is 67.7 Å². The van der Waals surface area contributed by atoms with E-state index < -0.39 is 33.2 Å². The standard InChI is InChI=1S/C33H37N3O7S.ClH/c1-34(2)23-6-5-7-24(19-23)44(39,40)36-16-15-32-29-22-9-10-26(41-4)30(29)43-31(32)25(12-14-33(32,38)27(36)18-22)35(3)28(37)11-8-21-13-17-42-20-21;/h5-11,13,17,19-20,25,27,31,38H,12,14-16,18H2,1-4H3;1H/b11-8+;/t25-,27-,31+,32+,33-;/m1./s1. The number of rotatable bonds is 7. The predicted octanol–water partition coefficient (Wildman–Crippen LogP) is 3.86. The lowest BCUT2D eigenvalue weighted by Crippen LogP contribution is -2.78. The van der Waals surface area contributed by atoms with Crippen LogP contribution >= 0.6 is 12.4 Å². The fourth-order valence-corrected chi connectivity index (χ4v) is 9.90. The Morgan fingerprint density at radius 2 is 1.96 bits per heavy atom. The molecule has 10 nitrogen and oxygen atoms in total. The van der Waals surface area contributed by atoms with E-state index in [1.54, 1.807) is 61.9 Å². The maximum atomic E-state index is 14.3. The second kappa shape index (κ2) is 11.1. The van der Waals surface area contributed by atoms with Crippen LogP contribution in [0.5, 0.6) is 11.5 Å². The summed E-state index contributed by atoms with van der Waals surface area (Å²) in [7, 11) is 3.14. The lowest BCUT2D eigenvalue weighted by Gasteiger charge is -2.64. The molecule has 7 rings (SSSR count). The number of hydrogen-bond donors (Lipinski definition) is 1. The number of methoxy groups -OCH3 is 1. The van der Waals surface area contributed by atoms with Crippen LogP contribution in [0.3, 0.4) is 0 Å². The lowest BCUT2D eigenvalue weighted by atomic mass is 9.48. The molecule has 1 saturated carbocycles. The molecule has 1 aromatic heterocycles. The second-order valence-corrected chi connectivity index (χ2v) is 14.4. The normalized spacial score (nSPS) is 28.2. The van der Waals surface area contributed by atoms with Crippen molar-refractivity contribution in [3.8, 4) is 11.5 Å². The minimum absolute atomic E-state index is 0. The number of halogens is 1. The van der Waals surface area contributed by atoms with Crippen LogP contribution in [0.25, 0.3) is 6.08 Å². The molecular weight excluding hydrogens is 618 g/mol. The smallest absolute Gasteiger partial charge is 0.246 e. The molecule has 3 aromatic rings. The van der Waals surface area contributed by atoms with Gasteiger partial charge in [0.2, 0.25) is 15.9 Å². The summed E-state index contributed by atoms with van der Waals surface area (Å²) >= 11 is 0. The van der Waals surface area contributed by atoms with E-state index in [1.807, 2.05) is 37.2 Å². The fraction of sp³-hybridized carbons (Fsp3) is 0.424. The van der Waals surface area contributed by atoms with Gasteiger partial charge in [-0.15, -0.1) is 12.4 Å². The Morgan fingerprint density at radius 1 is 1.16 bits per heavy atom. The maximum Gasteiger partial charge on any atom is 0.246 e. The van der Waals surface area contributed by atoms with E-state index in [-0.39, 0.29) is 35.8 Å². The number of sulfonamides is 1. The largest absolute Gasteiger partial charge is 0.493 e. The highest BCUT2D eigenvalue weighted by atomic mass is 35.5. The molecule has 2 fully saturated rings. The minimum Gasteiger partial charge on any atom is -0.493 e. The number of aliphatic hydroxyl groups is 1. The van der Waals surface area contributed by atoms with Crippen LogP contribution in [0, 0.1) is 0 Å². The molecule has 1 amide bonds. The zero-order valence-electron chi connectivity index (χ0n) is 25.7. The number of amides is 1. The van der Waals surface area contributed by atoms with Gasteiger partial charge in [0.25, 0.3) is 0 Å². The summed E-state index contributed by atoms with van der Waals surface area (Å²) in [6.07, 6.45) is 7.18. The molecule has 1 N–H and O–H groups in total. The Kier molecular flexibility index (Phi) is 7.75. The fourth-order valence-electron chi connectivity index (χ4n) is 8.19. The molecule has 0 unspecified atom stereocenters. The van der Waals surface area contributed by atoms with E-state index in [0.717, 1.165) is 22.4 Å². The molecule has 1 spiro atoms. The second-order valence-electron chi connectivity index (χ2n) is 12.5. The topological polar surface area (TPSA) is 113 Å². The van der Waals surface area contributed by atoms with Crippen molar-refractivity contribution in [2.75, 3.05) is 39.7 Å². The quantitative estimate of drug-likeness (QED) is 0.382. The monoisotopic (exact) mass is 655 g/mol. The van der Waals surface area contributed by atoms with Gasteiger partial charge in [-0.1, -0.05) is 12.1 Å².